The van der Waals surface area contributed by atoms with Gasteiger partial charge in [-0.25, -0.2) is 4.79 Å². The summed E-state index contributed by atoms with van der Waals surface area (Å²) in [5.74, 6) is -0.451. The third-order valence-electron chi connectivity index (χ3n) is 2.43. The molecular weight excluding hydrogens is 296 g/mol. The lowest BCUT2D eigenvalue weighted by Gasteiger charge is -2.18. The molecule has 0 saturated carbocycles. The normalized spacial score (nSPS) is 11.4. The first-order valence-electron chi connectivity index (χ1n) is 6.02. The van der Waals surface area contributed by atoms with Crippen LogP contribution in [0.25, 0.3) is 11.3 Å². The number of nitrogens with zero attached hydrogens (tertiary/aromatic N) is 1. The number of carbonyl (C=O) groups is 1. The summed E-state index contributed by atoms with van der Waals surface area (Å²) < 4.78 is 9.54. The zero-order chi connectivity index (χ0) is 14.9. The van der Waals surface area contributed by atoms with Gasteiger partial charge in [-0.1, -0.05) is 23.7 Å². The van der Waals surface area contributed by atoms with E-state index >= 15 is 0 Å². The van der Waals surface area contributed by atoms with Gasteiger partial charge in [0.2, 0.25) is 0 Å². The molecule has 0 amide bonds. The van der Waals surface area contributed by atoms with Crippen LogP contribution in [0.1, 0.15) is 30.4 Å². The van der Waals surface area contributed by atoms with Gasteiger partial charge in [0.1, 0.15) is 11.3 Å². The van der Waals surface area contributed by atoms with Gasteiger partial charge in [0.05, 0.1) is 5.69 Å². The standard InChI is InChI=1S/C14H15ClN2O2S/c1-14(2,3)19-13(18)12-10(16)11(17-20-12)8-4-6-9(15)7-5-8/h4-7H,16H2,1-3H3. The number of aromatic nitrogens is 1. The molecule has 6 heteroatoms. The lowest BCUT2D eigenvalue weighted by molar-refractivity contribution is 0.00764. The number of hydrogen-bond donors (Lipinski definition) is 1. The smallest absolute Gasteiger partial charge is 0.352 e. The van der Waals surface area contributed by atoms with Crippen molar-refractivity contribution >= 4 is 34.8 Å². The number of esters is 1. The first-order chi connectivity index (χ1) is 9.28. The summed E-state index contributed by atoms with van der Waals surface area (Å²) in [4.78, 5) is 12.4. The molecule has 1 aromatic carbocycles. The van der Waals surface area contributed by atoms with Crippen molar-refractivity contribution in [2.24, 2.45) is 0 Å². The Balaban J connectivity index is 2.32. The van der Waals surface area contributed by atoms with Gasteiger partial charge in [0.25, 0.3) is 0 Å². The van der Waals surface area contributed by atoms with Gasteiger partial charge in [-0.05, 0) is 44.4 Å². The van der Waals surface area contributed by atoms with Crippen LogP contribution in [0.15, 0.2) is 24.3 Å². The maximum Gasteiger partial charge on any atom is 0.352 e. The average molecular weight is 311 g/mol. The van der Waals surface area contributed by atoms with Crippen molar-refractivity contribution in [1.29, 1.82) is 0 Å². The Morgan fingerprint density at radius 1 is 1.30 bits per heavy atom. The number of nitrogen functional groups attached to an aromatic ring is 1. The molecule has 0 saturated heterocycles. The van der Waals surface area contributed by atoms with Crippen molar-refractivity contribution in [2.45, 2.75) is 26.4 Å². The van der Waals surface area contributed by atoms with E-state index in [2.05, 4.69) is 4.37 Å². The Labute approximate surface area is 126 Å². The molecule has 4 nitrogen and oxygen atoms in total. The topological polar surface area (TPSA) is 65.2 Å². The first kappa shape index (κ1) is 14.8. The Morgan fingerprint density at radius 2 is 1.90 bits per heavy atom. The molecule has 20 heavy (non-hydrogen) atoms. The minimum Gasteiger partial charge on any atom is -0.456 e. The van der Waals surface area contributed by atoms with E-state index in [-0.39, 0.29) is 0 Å². The quantitative estimate of drug-likeness (QED) is 0.851. The van der Waals surface area contributed by atoms with Crippen molar-refractivity contribution in [3.8, 4) is 11.3 Å². The second-order valence-corrected chi connectivity index (χ2v) is 6.49. The van der Waals surface area contributed by atoms with Crippen molar-refractivity contribution in [3.63, 3.8) is 0 Å². The maximum atomic E-state index is 12.0. The summed E-state index contributed by atoms with van der Waals surface area (Å²) in [5, 5.41) is 0.634. The van der Waals surface area contributed by atoms with Crippen LogP contribution >= 0.6 is 23.1 Å². The molecule has 0 aliphatic rings. The summed E-state index contributed by atoms with van der Waals surface area (Å²) in [6, 6.07) is 7.13. The third-order valence-corrected chi connectivity index (χ3v) is 3.52. The summed E-state index contributed by atoms with van der Waals surface area (Å²) in [7, 11) is 0. The lowest BCUT2D eigenvalue weighted by atomic mass is 10.1. The molecule has 0 radical (unpaired) electrons. The molecule has 0 fully saturated rings. The molecular formula is C14H15ClN2O2S. The van der Waals surface area contributed by atoms with Gasteiger partial charge < -0.3 is 10.5 Å². The van der Waals surface area contributed by atoms with Gasteiger partial charge in [-0.2, -0.15) is 4.37 Å². The van der Waals surface area contributed by atoms with Crippen LogP contribution in [0.4, 0.5) is 5.69 Å². The fourth-order valence-corrected chi connectivity index (χ4v) is 2.41. The molecule has 0 bridgehead atoms. The van der Waals surface area contributed by atoms with Gasteiger partial charge in [0.15, 0.2) is 4.88 Å². The minimum atomic E-state index is -0.562. The predicted molar refractivity (Wildman–Crippen MR) is 82.1 cm³/mol. The van der Waals surface area contributed by atoms with Crippen LogP contribution in [0.5, 0.6) is 0 Å². The number of nitrogens with two attached hydrogens (primary N) is 1. The summed E-state index contributed by atoms with van der Waals surface area (Å²) >= 11 is 6.89. The van der Waals surface area contributed by atoms with Crippen LogP contribution in [-0.2, 0) is 4.74 Å². The molecule has 0 spiro atoms. The molecule has 2 N–H and O–H groups in total. The second kappa shape index (κ2) is 5.42. The fourth-order valence-electron chi connectivity index (χ4n) is 1.58. The first-order valence-corrected chi connectivity index (χ1v) is 7.17. The predicted octanol–water partition coefficient (Wildman–Crippen LogP) is 4.00. The maximum absolute atomic E-state index is 12.0. The summed E-state index contributed by atoms with van der Waals surface area (Å²) in [6.07, 6.45) is 0. The number of anilines is 1. The molecule has 0 aliphatic carbocycles. The summed E-state index contributed by atoms with van der Waals surface area (Å²) in [5.41, 5.74) is 7.18. The van der Waals surface area contributed by atoms with E-state index in [1.54, 1.807) is 12.1 Å². The highest BCUT2D eigenvalue weighted by Crippen LogP contribution is 2.32. The number of benzene rings is 1. The van der Waals surface area contributed by atoms with Gasteiger partial charge in [0, 0.05) is 10.6 Å². The largest absolute Gasteiger partial charge is 0.456 e. The van der Waals surface area contributed by atoms with Crippen molar-refractivity contribution < 1.29 is 9.53 Å². The summed E-state index contributed by atoms with van der Waals surface area (Å²) in [6.45, 7) is 5.42. The zero-order valence-electron chi connectivity index (χ0n) is 11.4. The molecule has 0 atom stereocenters. The van der Waals surface area contributed by atoms with Crippen molar-refractivity contribution in [3.05, 3.63) is 34.2 Å². The fraction of sp³-hybridized carbons (Fsp3) is 0.286. The van der Waals surface area contributed by atoms with Crippen LogP contribution in [0.3, 0.4) is 0 Å². The lowest BCUT2D eigenvalue weighted by Crippen LogP contribution is -2.23. The second-order valence-electron chi connectivity index (χ2n) is 5.28. The number of carbonyl (C=O) groups excluding carboxylic acids is 1. The molecule has 1 aromatic heterocycles. The average Bonchev–Trinajstić information content (AvgIpc) is 2.70. The van der Waals surface area contributed by atoms with Crippen LogP contribution < -0.4 is 5.73 Å². The third kappa shape index (κ3) is 3.29. The SMILES string of the molecule is CC(C)(C)OC(=O)c1snc(-c2ccc(Cl)cc2)c1N. The number of halogens is 1. The zero-order valence-corrected chi connectivity index (χ0v) is 13.0. The van der Waals surface area contributed by atoms with E-state index in [1.807, 2.05) is 32.9 Å². The Morgan fingerprint density at radius 3 is 2.45 bits per heavy atom. The van der Waals surface area contributed by atoms with Crippen LogP contribution in [-0.4, -0.2) is 15.9 Å². The van der Waals surface area contributed by atoms with E-state index in [1.165, 1.54) is 0 Å². The van der Waals surface area contributed by atoms with Gasteiger partial charge in [-0.15, -0.1) is 0 Å². The Hall–Kier alpha value is -1.59. The van der Waals surface area contributed by atoms with Crippen molar-refractivity contribution in [2.75, 3.05) is 5.73 Å². The molecule has 2 aromatic rings. The Kier molecular flexibility index (Phi) is 4.01. The monoisotopic (exact) mass is 310 g/mol. The highest BCUT2D eigenvalue weighted by molar-refractivity contribution is 7.09. The molecule has 1 heterocycles. The van der Waals surface area contributed by atoms with Crippen molar-refractivity contribution in [1.82, 2.24) is 4.37 Å². The van der Waals surface area contributed by atoms with E-state index in [0.29, 0.717) is 21.3 Å². The van der Waals surface area contributed by atoms with E-state index in [0.717, 1.165) is 17.1 Å². The van der Waals surface area contributed by atoms with E-state index in [9.17, 15) is 4.79 Å². The van der Waals surface area contributed by atoms with E-state index in [4.69, 9.17) is 22.1 Å². The Bertz CT molecular complexity index is 630. The van der Waals surface area contributed by atoms with Crippen LogP contribution in [0, 0.1) is 0 Å². The van der Waals surface area contributed by atoms with E-state index < -0.39 is 11.6 Å². The minimum absolute atomic E-state index is 0.324. The molecule has 106 valence electrons. The molecule has 0 aliphatic heterocycles. The van der Waals surface area contributed by atoms with Gasteiger partial charge >= 0.3 is 5.97 Å². The highest BCUT2D eigenvalue weighted by atomic mass is 35.5. The number of hydrogen-bond acceptors (Lipinski definition) is 5. The van der Waals surface area contributed by atoms with Crippen LogP contribution in [0.2, 0.25) is 5.02 Å². The highest BCUT2D eigenvalue weighted by Gasteiger charge is 2.24. The van der Waals surface area contributed by atoms with Gasteiger partial charge in [-0.3, -0.25) is 0 Å². The molecule has 0 unspecified atom stereocenters. The molecule has 2 rings (SSSR count). The number of ether oxygens (including phenoxy) is 1. The number of rotatable bonds is 2.